The average Bonchev–Trinajstić information content (AvgIpc) is 2.25. The van der Waals surface area contributed by atoms with Crippen molar-refractivity contribution < 1.29 is 9.18 Å². The van der Waals surface area contributed by atoms with Crippen LogP contribution in [0.25, 0.3) is 0 Å². The van der Waals surface area contributed by atoms with Gasteiger partial charge in [-0.1, -0.05) is 0 Å². The third-order valence-corrected chi connectivity index (χ3v) is 3.32. The Balaban J connectivity index is 2.97. The normalized spacial score (nSPS) is 11.4. The minimum Gasteiger partial charge on any atom is -0.324 e. The van der Waals surface area contributed by atoms with Crippen LogP contribution >= 0.6 is 15.9 Å². The SMILES string of the molecule is CNC(C)(C)C(=O)Nc1cc(Br)c(F)cc1C. The summed E-state index contributed by atoms with van der Waals surface area (Å²) in [5.74, 6) is -0.505. The van der Waals surface area contributed by atoms with E-state index in [0.29, 0.717) is 15.7 Å². The van der Waals surface area contributed by atoms with Gasteiger partial charge < -0.3 is 10.6 Å². The highest BCUT2D eigenvalue weighted by atomic mass is 79.9. The number of aryl methyl sites for hydroxylation is 1. The molecule has 0 aliphatic heterocycles. The van der Waals surface area contributed by atoms with E-state index in [0.717, 1.165) is 0 Å². The van der Waals surface area contributed by atoms with Crippen molar-refractivity contribution in [3.05, 3.63) is 28.0 Å². The van der Waals surface area contributed by atoms with Gasteiger partial charge in [0.25, 0.3) is 0 Å². The van der Waals surface area contributed by atoms with E-state index in [1.54, 1.807) is 33.9 Å². The number of carbonyl (C=O) groups is 1. The van der Waals surface area contributed by atoms with Crippen LogP contribution in [0, 0.1) is 12.7 Å². The van der Waals surface area contributed by atoms with Gasteiger partial charge in [0.1, 0.15) is 5.82 Å². The zero-order chi connectivity index (χ0) is 13.2. The number of anilines is 1. The van der Waals surface area contributed by atoms with E-state index in [2.05, 4.69) is 26.6 Å². The Bertz CT molecular complexity index is 446. The Morgan fingerprint density at radius 1 is 1.41 bits per heavy atom. The summed E-state index contributed by atoms with van der Waals surface area (Å²) in [5.41, 5.74) is 0.616. The fourth-order valence-electron chi connectivity index (χ4n) is 1.17. The van der Waals surface area contributed by atoms with E-state index >= 15 is 0 Å². The third-order valence-electron chi connectivity index (χ3n) is 2.71. The maximum absolute atomic E-state index is 13.2. The molecule has 0 heterocycles. The van der Waals surface area contributed by atoms with Gasteiger partial charge in [0, 0.05) is 5.69 Å². The van der Waals surface area contributed by atoms with Gasteiger partial charge >= 0.3 is 0 Å². The molecule has 0 aromatic heterocycles. The van der Waals surface area contributed by atoms with E-state index in [4.69, 9.17) is 0 Å². The van der Waals surface area contributed by atoms with Crippen LogP contribution in [0.3, 0.4) is 0 Å². The van der Waals surface area contributed by atoms with Crippen LogP contribution in [-0.2, 0) is 4.79 Å². The minimum atomic E-state index is -0.673. The first kappa shape index (κ1) is 14.1. The molecule has 0 aliphatic carbocycles. The Hall–Kier alpha value is -0.940. The molecule has 3 nitrogen and oxygen atoms in total. The van der Waals surface area contributed by atoms with Gasteiger partial charge in [-0.2, -0.15) is 0 Å². The zero-order valence-electron chi connectivity index (χ0n) is 10.3. The van der Waals surface area contributed by atoms with Gasteiger partial charge in [0.15, 0.2) is 0 Å². The molecule has 1 aromatic carbocycles. The first-order valence-electron chi connectivity index (χ1n) is 5.24. The van der Waals surface area contributed by atoms with Gasteiger partial charge in [0.05, 0.1) is 10.0 Å². The van der Waals surface area contributed by atoms with Crippen LogP contribution in [0.5, 0.6) is 0 Å². The van der Waals surface area contributed by atoms with Gasteiger partial charge in [-0.05, 0) is 61.4 Å². The van der Waals surface area contributed by atoms with Crippen molar-refractivity contribution in [2.75, 3.05) is 12.4 Å². The number of hydrogen-bond acceptors (Lipinski definition) is 2. The van der Waals surface area contributed by atoms with Crippen molar-refractivity contribution in [1.29, 1.82) is 0 Å². The predicted molar refractivity (Wildman–Crippen MR) is 70.6 cm³/mol. The lowest BCUT2D eigenvalue weighted by Crippen LogP contribution is -2.48. The molecule has 94 valence electrons. The molecule has 0 spiro atoms. The summed E-state index contributed by atoms with van der Waals surface area (Å²) in [6, 6.07) is 2.94. The Morgan fingerprint density at radius 3 is 2.53 bits per heavy atom. The van der Waals surface area contributed by atoms with Gasteiger partial charge in [0.2, 0.25) is 5.91 Å². The molecular weight excluding hydrogens is 287 g/mol. The van der Waals surface area contributed by atoms with Crippen LogP contribution in [0.4, 0.5) is 10.1 Å². The number of nitrogens with one attached hydrogen (secondary N) is 2. The number of carbonyl (C=O) groups excluding carboxylic acids is 1. The number of benzene rings is 1. The van der Waals surface area contributed by atoms with Gasteiger partial charge in [-0.25, -0.2) is 4.39 Å². The van der Waals surface area contributed by atoms with Crippen LogP contribution < -0.4 is 10.6 Å². The lowest BCUT2D eigenvalue weighted by atomic mass is 10.0. The highest BCUT2D eigenvalue weighted by Gasteiger charge is 2.25. The summed E-state index contributed by atoms with van der Waals surface area (Å²) in [7, 11) is 1.72. The number of rotatable bonds is 3. The number of amides is 1. The molecule has 1 rings (SSSR count). The van der Waals surface area contributed by atoms with E-state index in [-0.39, 0.29) is 11.7 Å². The molecule has 2 N–H and O–H groups in total. The standard InChI is InChI=1S/C12H16BrFN2O/c1-7-5-9(14)8(13)6-10(7)16-11(17)12(2,3)15-4/h5-6,15H,1-4H3,(H,16,17). The molecule has 0 unspecified atom stereocenters. The average molecular weight is 303 g/mol. The van der Waals surface area contributed by atoms with Gasteiger partial charge in [-0.3, -0.25) is 4.79 Å². The smallest absolute Gasteiger partial charge is 0.244 e. The summed E-state index contributed by atoms with van der Waals surface area (Å²) in [5, 5.41) is 5.68. The quantitative estimate of drug-likeness (QED) is 0.901. The molecule has 0 bridgehead atoms. The summed E-state index contributed by atoms with van der Waals surface area (Å²) in [6.45, 7) is 5.30. The largest absolute Gasteiger partial charge is 0.324 e. The van der Waals surface area contributed by atoms with E-state index in [1.165, 1.54) is 6.07 Å². The molecule has 17 heavy (non-hydrogen) atoms. The van der Waals surface area contributed by atoms with Gasteiger partial charge in [-0.15, -0.1) is 0 Å². The molecule has 0 aliphatic rings. The maximum Gasteiger partial charge on any atom is 0.244 e. The molecule has 5 heteroatoms. The second-order valence-corrected chi connectivity index (χ2v) is 5.26. The maximum atomic E-state index is 13.2. The van der Waals surface area contributed by atoms with Crippen LogP contribution in [0.15, 0.2) is 16.6 Å². The van der Waals surface area contributed by atoms with Crippen molar-refractivity contribution >= 4 is 27.5 Å². The summed E-state index contributed by atoms with van der Waals surface area (Å²) in [6.07, 6.45) is 0. The van der Waals surface area contributed by atoms with Crippen LogP contribution in [0.1, 0.15) is 19.4 Å². The monoisotopic (exact) mass is 302 g/mol. The number of halogens is 2. The predicted octanol–water partition coefficient (Wildman–Crippen LogP) is 2.83. The fraction of sp³-hybridized carbons (Fsp3) is 0.417. The van der Waals surface area contributed by atoms with Crippen molar-refractivity contribution in [3.63, 3.8) is 0 Å². The molecule has 1 aromatic rings. The fourth-order valence-corrected chi connectivity index (χ4v) is 1.52. The third kappa shape index (κ3) is 3.26. The summed E-state index contributed by atoms with van der Waals surface area (Å²) in [4.78, 5) is 11.9. The highest BCUT2D eigenvalue weighted by molar-refractivity contribution is 9.10. The van der Waals surface area contributed by atoms with Crippen molar-refractivity contribution in [1.82, 2.24) is 5.32 Å². The number of hydrogen-bond donors (Lipinski definition) is 2. The minimum absolute atomic E-state index is 0.165. The lowest BCUT2D eigenvalue weighted by molar-refractivity contribution is -0.121. The molecular formula is C12H16BrFN2O. The summed E-state index contributed by atoms with van der Waals surface area (Å²) >= 11 is 3.10. The molecule has 1 amide bonds. The Labute approximate surface area is 109 Å². The van der Waals surface area contributed by atoms with E-state index in [1.807, 2.05) is 0 Å². The second-order valence-electron chi connectivity index (χ2n) is 4.41. The van der Waals surface area contributed by atoms with Crippen LogP contribution in [0.2, 0.25) is 0 Å². The van der Waals surface area contributed by atoms with Crippen molar-refractivity contribution in [2.45, 2.75) is 26.3 Å². The summed E-state index contributed by atoms with van der Waals surface area (Å²) < 4.78 is 13.6. The van der Waals surface area contributed by atoms with Crippen molar-refractivity contribution in [3.8, 4) is 0 Å². The number of likely N-dealkylation sites (N-methyl/N-ethyl adjacent to an activating group) is 1. The Morgan fingerprint density at radius 2 is 2.00 bits per heavy atom. The Kier molecular flexibility index (Phi) is 4.27. The molecule has 0 radical (unpaired) electrons. The van der Waals surface area contributed by atoms with Crippen molar-refractivity contribution in [2.24, 2.45) is 0 Å². The molecule has 0 saturated carbocycles. The van der Waals surface area contributed by atoms with E-state index in [9.17, 15) is 9.18 Å². The first-order chi connectivity index (χ1) is 7.77. The molecule has 0 atom stereocenters. The molecule has 0 saturated heterocycles. The van der Waals surface area contributed by atoms with Crippen LogP contribution in [-0.4, -0.2) is 18.5 Å². The highest BCUT2D eigenvalue weighted by Crippen LogP contribution is 2.24. The second kappa shape index (κ2) is 5.14. The molecule has 0 fully saturated rings. The lowest BCUT2D eigenvalue weighted by Gasteiger charge is -2.23. The topological polar surface area (TPSA) is 41.1 Å². The zero-order valence-corrected chi connectivity index (χ0v) is 11.9. The first-order valence-corrected chi connectivity index (χ1v) is 6.03. The van der Waals surface area contributed by atoms with E-state index < -0.39 is 5.54 Å².